The third kappa shape index (κ3) is 2.48. The fourth-order valence-electron chi connectivity index (χ4n) is 1.54. The van der Waals surface area contributed by atoms with Gasteiger partial charge in [0, 0.05) is 12.1 Å². The molecule has 0 spiro atoms. The predicted molar refractivity (Wildman–Crippen MR) is 59.5 cm³/mol. The summed E-state index contributed by atoms with van der Waals surface area (Å²) >= 11 is 0. The van der Waals surface area contributed by atoms with E-state index in [2.05, 4.69) is 18.7 Å². The second kappa shape index (κ2) is 5.01. The summed E-state index contributed by atoms with van der Waals surface area (Å²) in [5.41, 5.74) is 1.98. The van der Waals surface area contributed by atoms with Crippen LogP contribution >= 0.6 is 0 Å². The van der Waals surface area contributed by atoms with E-state index >= 15 is 0 Å². The quantitative estimate of drug-likeness (QED) is 0.794. The SMILES string of the molecule is CCN(CC)Cc1cccc(C)c1O. The van der Waals surface area contributed by atoms with Gasteiger partial charge < -0.3 is 5.11 Å². The van der Waals surface area contributed by atoms with Crippen LogP contribution in [0.1, 0.15) is 25.0 Å². The number of aromatic hydroxyl groups is 1. The largest absolute Gasteiger partial charge is 0.507 e. The zero-order chi connectivity index (χ0) is 10.6. The highest BCUT2D eigenvalue weighted by Crippen LogP contribution is 2.22. The average molecular weight is 193 g/mol. The van der Waals surface area contributed by atoms with Crippen molar-refractivity contribution in [2.75, 3.05) is 13.1 Å². The number of para-hydroxylation sites is 1. The van der Waals surface area contributed by atoms with Crippen LogP contribution in [0.5, 0.6) is 5.75 Å². The van der Waals surface area contributed by atoms with Crippen molar-refractivity contribution in [3.05, 3.63) is 29.3 Å². The summed E-state index contributed by atoms with van der Waals surface area (Å²) in [6.07, 6.45) is 0. The molecule has 0 aliphatic rings. The fourth-order valence-corrected chi connectivity index (χ4v) is 1.54. The van der Waals surface area contributed by atoms with Crippen LogP contribution in [-0.2, 0) is 6.54 Å². The molecule has 2 heteroatoms. The van der Waals surface area contributed by atoms with Gasteiger partial charge in [0.2, 0.25) is 0 Å². The van der Waals surface area contributed by atoms with E-state index in [0.29, 0.717) is 5.75 Å². The van der Waals surface area contributed by atoms with E-state index in [-0.39, 0.29) is 0 Å². The van der Waals surface area contributed by atoms with E-state index < -0.39 is 0 Å². The maximum absolute atomic E-state index is 9.81. The Morgan fingerprint density at radius 1 is 1.21 bits per heavy atom. The van der Waals surface area contributed by atoms with Gasteiger partial charge >= 0.3 is 0 Å². The van der Waals surface area contributed by atoms with E-state index in [9.17, 15) is 5.11 Å². The molecule has 0 amide bonds. The van der Waals surface area contributed by atoms with Crippen molar-refractivity contribution in [1.82, 2.24) is 4.90 Å². The molecule has 0 aliphatic carbocycles. The highest BCUT2D eigenvalue weighted by atomic mass is 16.3. The van der Waals surface area contributed by atoms with E-state index in [1.54, 1.807) is 0 Å². The molecule has 0 fully saturated rings. The smallest absolute Gasteiger partial charge is 0.122 e. The lowest BCUT2D eigenvalue weighted by molar-refractivity contribution is 0.290. The van der Waals surface area contributed by atoms with Gasteiger partial charge in [0.05, 0.1) is 0 Å². The summed E-state index contributed by atoms with van der Waals surface area (Å²) in [6.45, 7) is 9.07. The zero-order valence-corrected chi connectivity index (χ0v) is 9.25. The maximum Gasteiger partial charge on any atom is 0.122 e. The first-order valence-electron chi connectivity index (χ1n) is 5.18. The minimum atomic E-state index is 0.444. The molecule has 1 N–H and O–H groups in total. The van der Waals surface area contributed by atoms with Crippen LogP contribution in [0, 0.1) is 6.92 Å². The number of rotatable bonds is 4. The fraction of sp³-hybridized carbons (Fsp3) is 0.500. The van der Waals surface area contributed by atoms with Crippen molar-refractivity contribution in [3.8, 4) is 5.75 Å². The minimum Gasteiger partial charge on any atom is -0.507 e. The van der Waals surface area contributed by atoms with Gasteiger partial charge in [-0.3, -0.25) is 4.90 Å². The molecule has 0 aliphatic heterocycles. The Labute approximate surface area is 86.2 Å². The summed E-state index contributed by atoms with van der Waals surface area (Å²) in [5, 5.41) is 9.81. The summed E-state index contributed by atoms with van der Waals surface area (Å²) in [4.78, 5) is 2.29. The summed E-state index contributed by atoms with van der Waals surface area (Å²) in [5.74, 6) is 0.444. The molecule has 0 aromatic heterocycles. The molecular formula is C12H19NO. The van der Waals surface area contributed by atoms with Crippen molar-refractivity contribution >= 4 is 0 Å². The Kier molecular flexibility index (Phi) is 3.96. The van der Waals surface area contributed by atoms with Gasteiger partial charge in [0.15, 0.2) is 0 Å². The Hall–Kier alpha value is -1.02. The van der Waals surface area contributed by atoms with Crippen molar-refractivity contribution in [2.45, 2.75) is 27.3 Å². The molecule has 1 aromatic rings. The summed E-state index contributed by atoms with van der Waals surface area (Å²) in [7, 11) is 0. The zero-order valence-electron chi connectivity index (χ0n) is 9.25. The molecule has 1 rings (SSSR count). The standard InChI is InChI=1S/C12H19NO/c1-4-13(5-2)9-11-8-6-7-10(3)12(11)14/h6-8,14H,4-5,9H2,1-3H3. The Balaban J connectivity index is 2.80. The van der Waals surface area contributed by atoms with Crippen LogP contribution in [0.25, 0.3) is 0 Å². The normalized spacial score (nSPS) is 10.9. The van der Waals surface area contributed by atoms with E-state index in [1.807, 2.05) is 25.1 Å². The molecule has 14 heavy (non-hydrogen) atoms. The Morgan fingerprint density at radius 3 is 2.43 bits per heavy atom. The number of hydrogen-bond donors (Lipinski definition) is 1. The molecule has 78 valence electrons. The van der Waals surface area contributed by atoms with Gasteiger partial charge in [0.25, 0.3) is 0 Å². The first-order valence-corrected chi connectivity index (χ1v) is 5.18. The monoisotopic (exact) mass is 193 g/mol. The number of aryl methyl sites for hydroxylation is 1. The van der Waals surface area contributed by atoms with E-state index in [1.165, 1.54) is 0 Å². The van der Waals surface area contributed by atoms with Gasteiger partial charge in [-0.1, -0.05) is 32.0 Å². The van der Waals surface area contributed by atoms with E-state index in [0.717, 1.165) is 30.8 Å². The molecule has 0 heterocycles. The second-order valence-electron chi connectivity index (χ2n) is 3.54. The number of nitrogens with zero attached hydrogens (tertiary/aromatic N) is 1. The first kappa shape index (κ1) is 11.1. The number of hydrogen-bond acceptors (Lipinski definition) is 2. The molecule has 0 saturated heterocycles. The summed E-state index contributed by atoms with van der Waals surface area (Å²) < 4.78 is 0. The van der Waals surface area contributed by atoms with Crippen molar-refractivity contribution in [3.63, 3.8) is 0 Å². The minimum absolute atomic E-state index is 0.444. The third-order valence-corrected chi connectivity index (χ3v) is 2.61. The lowest BCUT2D eigenvalue weighted by Gasteiger charge is -2.19. The first-order chi connectivity index (χ1) is 6.69. The number of phenols is 1. The highest BCUT2D eigenvalue weighted by molar-refractivity contribution is 5.39. The number of phenolic OH excluding ortho intramolecular Hbond substituents is 1. The Morgan fingerprint density at radius 2 is 1.86 bits per heavy atom. The van der Waals surface area contributed by atoms with Crippen LogP contribution in [0.4, 0.5) is 0 Å². The molecule has 0 bridgehead atoms. The Bertz CT molecular complexity index is 292. The molecule has 0 radical (unpaired) electrons. The molecule has 2 nitrogen and oxygen atoms in total. The molecular weight excluding hydrogens is 174 g/mol. The van der Waals surface area contributed by atoms with Crippen LogP contribution in [-0.4, -0.2) is 23.1 Å². The molecule has 0 unspecified atom stereocenters. The lowest BCUT2D eigenvalue weighted by Crippen LogP contribution is -2.22. The van der Waals surface area contributed by atoms with Gasteiger partial charge in [-0.2, -0.15) is 0 Å². The molecule has 0 atom stereocenters. The van der Waals surface area contributed by atoms with Gasteiger partial charge in [-0.25, -0.2) is 0 Å². The van der Waals surface area contributed by atoms with Crippen molar-refractivity contribution < 1.29 is 5.11 Å². The second-order valence-corrected chi connectivity index (χ2v) is 3.54. The molecule has 0 saturated carbocycles. The van der Waals surface area contributed by atoms with Crippen LogP contribution in [0.15, 0.2) is 18.2 Å². The van der Waals surface area contributed by atoms with Crippen molar-refractivity contribution in [2.24, 2.45) is 0 Å². The third-order valence-electron chi connectivity index (χ3n) is 2.61. The highest BCUT2D eigenvalue weighted by Gasteiger charge is 2.06. The van der Waals surface area contributed by atoms with Gasteiger partial charge in [0.1, 0.15) is 5.75 Å². The number of benzene rings is 1. The lowest BCUT2D eigenvalue weighted by atomic mass is 10.1. The van der Waals surface area contributed by atoms with Crippen LogP contribution in [0.2, 0.25) is 0 Å². The van der Waals surface area contributed by atoms with Gasteiger partial charge in [-0.15, -0.1) is 0 Å². The predicted octanol–water partition coefficient (Wildman–Crippen LogP) is 2.54. The van der Waals surface area contributed by atoms with Gasteiger partial charge in [-0.05, 0) is 25.6 Å². The van der Waals surface area contributed by atoms with E-state index in [4.69, 9.17) is 0 Å². The molecule has 1 aromatic carbocycles. The summed E-state index contributed by atoms with van der Waals surface area (Å²) in [6, 6.07) is 5.91. The maximum atomic E-state index is 9.81. The van der Waals surface area contributed by atoms with Crippen LogP contribution in [0.3, 0.4) is 0 Å². The van der Waals surface area contributed by atoms with Crippen molar-refractivity contribution in [1.29, 1.82) is 0 Å². The van der Waals surface area contributed by atoms with Crippen LogP contribution < -0.4 is 0 Å². The average Bonchev–Trinajstić information content (AvgIpc) is 2.20. The topological polar surface area (TPSA) is 23.5 Å².